The summed E-state index contributed by atoms with van der Waals surface area (Å²) < 4.78 is 3.16. The molecule has 0 saturated heterocycles. The van der Waals surface area contributed by atoms with Crippen molar-refractivity contribution in [1.82, 2.24) is 14.8 Å². The molecule has 0 saturated carbocycles. The molecular weight excluding hydrogens is 454 g/mol. The average molecular weight is 471 g/mol. The quantitative estimate of drug-likeness (QED) is 0.296. The van der Waals surface area contributed by atoms with Gasteiger partial charge in [0.05, 0.1) is 0 Å². The van der Waals surface area contributed by atoms with Crippen LogP contribution in [0, 0.1) is 6.92 Å². The van der Waals surface area contributed by atoms with Crippen LogP contribution >= 0.6 is 39.3 Å². The monoisotopic (exact) mass is 469 g/mol. The van der Waals surface area contributed by atoms with Crippen LogP contribution in [0.1, 0.15) is 11.1 Å². The minimum absolute atomic E-state index is 0.706. The molecule has 0 spiro atoms. The molecule has 1 heterocycles. The summed E-state index contributed by atoms with van der Waals surface area (Å²) in [5.74, 6) is 1.62. The lowest BCUT2D eigenvalue weighted by Crippen LogP contribution is -1.99. The lowest BCUT2D eigenvalue weighted by Gasteiger charge is -2.11. The molecule has 1 aromatic heterocycles. The Hall–Kier alpha value is -2.08. The van der Waals surface area contributed by atoms with Gasteiger partial charge >= 0.3 is 0 Å². The van der Waals surface area contributed by atoms with Crippen molar-refractivity contribution >= 4 is 39.3 Å². The third-order valence-corrected chi connectivity index (χ3v) is 6.03. The van der Waals surface area contributed by atoms with Gasteiger partial charge in [0.15, 0.2) is 11.0 Å². The van der Waals surface area contributed by atoms with Crippen molar-refractivity contribution in [3.05, 3.63) is 93.4 Å². The fourth-order valence-corrected chi connectivity index (χ4v) is 4.32. The van der Waals surface area contributed by atoms with Gasteiger partial charge in [0.2, 0.25) is 0 Å². The first-order chi connectivity index (χ1) is 13.6. The van der Waals surface area contributed by atoms with Crippen molar-refractivity contribution in [2.45, 2.75) is 17.8 Å². The van der Waals surface area contributed by atoms with E-state index in [9.17, 15) is 0 Å². The number of thioether (sulfide) groups is 1. The van der Waals surface area contributed by atoms with Gasteiger partial charge in [-0.1, -0.05) is 81.3 Å². The highest BCUT2D eigenvalue weighted by Gasteiger charge is 2.16. The molecule has 0 bridgehead atoms. The SMILES string of the molecule is Cc1ccc(-c2nnc(SCc3cccc(Br)c3)n2-c2ccc(Cl)cc2)cc1. The highest BCUT2D eigenvalue weighted by Crippen LogP contribution is 2.30. The fourth-order valence-electron chi connectivity index (χ4n) is 2.85. The summed E-state index contributed by atoms with van der Waals surface area (Å²) in [7, 11) is 0. The molecule has 0 amide bonds. The Balaban J connectivity index is 1.73. The number of benzene rings is 3. The van der Waals surface area contributed by atoms with E-state index in [2.05, 4.69) is 74.0 Å². The number of halogens is 2. The van der Waals surface area contributed by atoms with Crippen molar-refractivity contribution in [3.8, 4) is 17.1 Å². The van der Waals surface area contributed by atoms with E-state index in [1.54, 1.807) is 11.8 Å². The fraction of sp³-hybridized carbons (Fsp3) is 0.0909. The summed E-state index contributed by atoms with van der Waals surface area (Å²) in [4.78, 5) is 0. The molecule has 0 atom stereocenters. The smallest absolute Gasteiger partial charge is 0.196 e. The van der Waals surface area contributed by atoms with Crippen LogP contribution in [0.5, 0.6) is 0 Å². The summed E-state index contributed by atoms with van der Waals surface area (Å²) in [5.41, 5.74) is 4.46. The van der Waals surface area contributed by atoms with E-state index in [4.69, 9.17) is 11.6 Å². The van der Waals surface area contributed by atoms with Crippen LogP contribution in [0.3, 0.4) is 0 Å². The second kappa shape index (κ2) is 8.52. The lowest BCUT2D eigenvalue weighted by atomic mass is 10.1. The zero-order chi connectivity index (χ0) is 19.5. The van der Waals surface area contributed by atoms with Crippen LogP contribution < -0.4 is 0 Å². The van der Waals surface area contributed by atoms with Gasteiger partial charge in [-0.3, -0.25) is 4.57 Å². The maximum absolute atomic E-state index is 6.09. The molecule has 4 aromatic rings. The zero-order valence-electron chi connectivity index (χ0n) is 15.1. The maximum atomic E-state index is 6.09. The summed E-state index contributed by atoms with van der Waals surface area (Å²) >= 11 is 11.3. The van der Waals surface area contributed by atoms with Crippen LogP contribution in [-0.2, 0) is 5.75 Å². The van der Waals surface area contributed by atoms with Crippen LogP contribution in [0.25, 0.3) is 17.1 Å². The Morgan fingerprint density at radius 2 is 1.71 bits per heavy atom. The van der Waals surface area contributed by atoms with Crippen molar-refractivity contribution in [2.24, 2.45) is 0 Å². The number of aromatic nitrogens is 3. The van der Waals surface area contributed by atoms with E-state index in [-0.39, 0.29) is 0 Å². The second-order valence-electron chi connectivity index (χ2n) is 6.40. The van der Waals surface area contributed by atoms with Crippen LogP contribution in [0.15, 0.2) is 82.4 Å². The molecule has 3 aromatic carbocycles. The third-order valence-electron chi connectivity index (χ3n) is 4.28. The molecule has 0 radical (unpaired) electrons. The van der Waals surface area contributed by atoms with E-state index in [0.29, 0.717) is 5.02 Å². The standard InChI is InChI=1S/C22H17BrClN3S/c1-15-5-7-17(8-6-15)21-25-26-22(27(21)20-11-9-19(24)10-12-20)28-14-16-3-2-4-18(23)13-16/h2-13H,14H2,1H3. The van der Waals surface area contributed by atoms with E-state index in [0.717, 1.165) is 32.5 Å². The van der Waals surface area contributed by atoms with Crippen molar-refractivity contribution in [1.29, 1.82) is 0 Å². The Labute approximate surface area is 181 Å². The number of rotatable bonds is 5. The minimum Gasteiger partial charge on any atom is -0.270 e. The van der Waals surface area contributed by atoms with Crippen LogP contribution in [-0.4, -0.2) is 14.8 Å². The van der Waals surface area contributed by atoms with E-state index in [1.807, 2.05) is 36.4 Å². The molecule has 4 rings (SSSR count). The summed E-state index contributed by atoms with van der Waals surface area (Å²) in [6.45, 7) is 2.08. The highest BCUT2D eigenvalue weighted by atomic mass is 79.9. The van der Waals surface area contributed by atoms with Gasteiger partial charge in [0.1, 0.15) is 0 Å². The van der Waals surface area contributed by atoms with E-state index in [1.165, 1.54) is 11.1 Å². The first kappa shape index (κ1) is 19.2. The first-order valence-electron chi connectivity index (χ1n) is 8.76. The second-order valence-corrected chi connectivity index (χ2v) is 8.70. The Morgan fingerprint density at radius 1 is 0.964 bits per heavy atom. The Bertz CT molecular complexity index is 1090. The molecule has 0 aliphatic carbocycles. The Kier molecular flexibility index (Phi) is 5.85. The lowest BCUT2D eigenvalue weighted by molar-refractivity contribution is 0.886. The predicted octanol–water partition coefficient (Wildman–Crippen LogP) is 6.95. The predicted molar refractivity (Wildman–Crippen MR) is 120 cm³/mol. The summed E-state index contributed by atoms with van der Waals surface area (Å²) in [6, 6.07) is 24.4. The third kappa shape index (κ3) is 4.32. The molecule has 0 unspecified atom stereocenters. The largest absolute Gasteiger partial charge is 0.270 e. The van der Waals surface area contributed by atoms with Gasteiger partial charge in [0, 0.05) is 26.5 Å². The molecule has 0 fully saturated rings. The van der Waals surface area contributed by atoms with Gasteiger partial charge in [-0.15, -0.1) is 10.2 Å². The topological polar surface area (TPSA) is 30.7 Å². The highest BCUT2D eigenvalue weighted by molar-refractivity contribution is 9.10. The van der Waals surface area contributed by atoms with Crippen LogP contribution in [0.2, 0.25) is 5.02 Å². The molecule has 0 aliphatic heterocycles. The number of hydrogen-bond donors (Lipinski definition) is 0. The maximum Gasteiger partial charge on any atom is 0.196 e. The molecule has 0 N–H and O–H groups in total. The minimum atomic E-state index is 0.706. The van der Waals surface area contributed by atoms with Gasteiger partial charge in [0.25, 0.3) is 0 Å². The number of hydrogen-bond acceptors (Lipinski definition) is 3. The normalized spacial score (nSPS) is 11.0. The molecule has 140 valence electrons. The van der Waals surface area contributed by atoms with Gasteiger partial charge in [-0.25, -0.2) is 0 Å². The summed E-state index contributed by atoms with van der Waals surface area (Å²) in [6.07, 6.45) is 0. The van der Waals surface area contributed by atoms with Gasteiger partial charge in [-0.2, -0.15) is 0 Å². The van der Waals surface area contributed by atoms with E-state index >= 15 is 0 Å². The van der Waals surface area contributed by atoms with Gasteiger partial charge < -0.3 is 0 Å². The molecule has 28 heavy (non-hydrogen) atoms. The van der Waals surface area contributed by atoms with Crippen LogP contribution in [0.4, 0.5) is 0 Å². The van der Waals surface area contributed by atoms with Crippen molar-refractivity contribution < 1.29 is 0 Å². The summed E-state index contributed by atoms with van der Waals surface area (Å²) in [5, 5.41) is 10.5. The average Bonchev–Trinajstić information content (AvgIpc) is 3.11. The zero-order valence-corrected chi connectivity index (χ0v) is 18.3. The number of nitrogens with zero attached hydrogens (tertiary/aromatic N) is 3. The van der Waals surface area contributed by atoms with Crippen molar-refractivity contribution in [3.63, 3.8) is 0 Å². The van der Waals surface area contributed by atoms with E-state index < -0.39 is 0 Å². The molecule has 0 aliphatic rings. The molecular formula is C22H17BrClN3S. The van der Waals surface area contributed by atoms with Gasteiger partial charge in [-0.05, 0) is 48.9 Å². The first-order valence-corrected chi connectivity index (χ1v) is 10.9. The molecule has 6 heteroatoms. The molecule has 3 nitrogen and oxygen atoms in total. The number of aryl methyl sites for hydroxylation is 1. The Morgan fingerprint density at radius 3 is 2.43 bits per heavy atom. The van der Waals surface area contributed by atoms with Crippen molar-refractivity contribution in [2.75, 3.05) is 0 Å².